The zero-order valence-electron chi connectivity index (χ0n) is 17.0. The second kappa shape index (κ2) is 8.58. The summed E-state index contributed by atoms with van der Waals surface area (Å²) in [5, 5.41) is 10.1. The maximum Gasteiger partial charge on any atom is 0.338 e. The van der Waals surface area contributed by atoms with Crippen LogP contribution in [0.5, 0.6) is 5.75 Å². The van der Waals surface area contributed by atoms with Crippen LogP contribution in [-0.4, -0.2) is 29.8 Å². The summed E-state index contributed by atoms with van der Waals surface area (Å²) in [6, 6.07) is 18.3. The summed E-state index contributed by atoms with van der Waals surface area (Å²) in [4.78, 5) is 20.0. The summed E-state index contributed by atoms with van der Waals surface area (Å²) >= 11 is 1.19. The molecule has 0 saturated heterocycles. The van der Waals surface area contributed by atoms with Gasteiger partial charge in [-0.25, -0.2) is 9.79 Å². The van der Waals surface area contributed by atoms with E-state index < -0.39 is 12.0 Å². The number of benzene rings is 2. The summed E-state index contributed by atoms with van der Waals surface area (Å²) in [5.74, 6) is 0.411. The van der Waals surface area contributed by atoms with Crippen LogP contribution in [0.25, 0.3) is 5.70 Å². The fourth-order valence-electron chi connectivity index (χ4n) is 3.59. The maximum absolute atomic E-state index is 13.2. The fraction of sp³-hybridized carbons (Fsp3) is 0.174. The van der Waals surface area contributed by atoms with E-state index in [0.29, 0.717) is 27.1 Å². The first-order valence-corrected chi connectivity index (χ1v) is 10.5. The standard InChI is InChI=1S/C23H20N4O3S/c1-3-30-22(28)18-19(14-8-5-4-6-9-14)26-23-27(21(25)17(13-24)31-23)20(18)15-10-7-11-16(12-15)29-2/h4-12,20H,3,25H2,1-2H3/t20-/m1/s1. The molecule has 0 fully saturated rings. The molecule has 156 valence electrons. The second-order valence-electron chi connectivity index (χ2n) is 6.72. The Morgan fingerprint density at radius 1 is 1.26 bits per heavy atom. The molecule has 0 saturated carbocycles. The lowest BCUT2D eigenvalue weighted by Gasteiger charge is -2.35. The van der Waals surface area contributed by atoms with Gasteiger partial charge in [0.2, 0.25) is 0 Å². The molecule has 0 aliphatic carbocycles. The number of thioether (sulfide) groups is 1. The molecule has 0 spiro atoms. The van der Waals surface area contributed by atoms with Crippen LogP contribution in [0.4, 0.5) is 0 Å². The van der Waals surface area contributed by atoms with Crippen molar-refractivity contribution in [1.29, 1.82) is 5.26 Å². The molecule has 0 amide bonds. The average Bonchev–Trinajstić information content (AvgIpc) is 3.13. The van der Waals surface area contributed by atoms with Crippen LogP contribution >= 0.6 is 11.8 Å². The summed E-state index contributed by atoms with van der Waals surface area (Å²) < 4.78 is 10.8. The molecule has 0 radical (unpaired) electrons. The van der Waals surface area contributed by atoms with Crippen molar-refractivity contribution in [2.45, 2.75) is 13.0 Å². The third kappa shape index (κ3) is 3.64. The third-order valence-corrected chi connectivity index (χ3v) is 5.91. The van der Waals surface area contributed by atoms with E-state index in [4.69, 9.17) is 20.2 Å². The van der Waals surface area contributed by atoms with Gasteiger partial charge in [0.25, 0.3) is 0 Å². The minimum atomic E-state index is -0.629. The Kier molecular flexibility index (Phi) is 5.69. The topological polar surface area (TPSA) is 101 Å². The van der Waals surface area contributed by atoms with Gasteiger partial charge < -0.3 is 15.2 Å². The van der Waals surface area contributed by atoms with Crippen LogP contribution in [0.3, 0.4) is 0 Å². The Morgan fingerprint density at radius 2 is 2.03 bits per heavy atom. The van der Waals surface area contributed by atoms with Crippen molar-refractivity contribution in [2.75, 3.05) is 13.7 Å². The largest absolute Gasteiger partial charge is 0.497 e. The van der Waals surface area contributed by atoms with Crippen molar-refractivity contribution >= 4 is 28.6 Å². The molecule has 0 aromatic heterocycles. The quantitative estimate of drug-likeness (QED) is 0.718. The minimum absolute atomic E-state index is 0.218. The molecule has 0 unspecified atom stereocenters. The van der Waals surface area contributed by atoms with E-state index in [2.05, 4.69) is 6.07 Å². The number of nitrogens with zero attached hydrogens (tertiary/aromatic N) is 3. The molecular formula is C23H20N4O3S. The number of fused-ring (bicyclic) bond motifs is 1. The number of hydrogen-bond donors (Lipinski definition) is 1. The fourth-order valence-corrected chi connectivity index (χ4v) is 4.46. The van der Waals surface area contributed by atoms with Gasteiger partial charge >= 0.3 is 5.97 Å². The lowest BCUT2D eigenvalue weighted by atomic mass is 9.92. The Hall–Kier alpha value is -3.70. The van der Waals surface area contributed by atoms with Crippen molar-refractivity contribution in [3.8, 4) is 11.8 Å². The molecule has 4 rings (SSSR count). The molecule has 2 aromatic rings. The highest BCUT2D eigenvalue weighted by Gasteiger charge is 2.43. The predicted molar refractivity (Wildman–Crippen MR) is 119 cm³/mol. The highest BCUT2D eigenvalue weighted by molar-refractivity contribution is 8.17. The van der Waals surface area contributed by atoms with E-state index in [1.165, 1.54) is 11.8 Å². The lowest BCUT2D eigenvalue weighted by Crippen LogP contribution is -2.38. The molecule has 31 heavy (non-hydrogen) atoms. The van der Waals surface area contributed by atoms with E-state index in [9.17, 15) is 10.1 Å². The molecule has 2 aromatic carbocycles. The number of aliphatic imine (C=N–C) groups is 1. The lowest BCUT2D eigenvalue weighted by molar-refractivity contribution is -0.139. The van der Waals surface area contributed by atoms with Gasteiger partial charge in [0, 0.05) is 5.56 Å². The molecule has 8 heteroatoms. The number of rotatable bonds is 5. The molecule has 2 aliphatic heterocycles. The predicted octanol–water partition coefficient (Wildman–Crippen LogP) is 3.78. The van der Waals surface area contributed by atoms with Crippen molar-refractivity contribution in [2.24, 2.45) is 10.7 Å². The maximum atomic E-state index is 13.2. The van der Waals surface area contributed by atoms with Crippen molar-refractivity contribution < 1.29 is 14.3 Å². The first-order chi connectivity index (χ1) is 15.1. The number of hydrogen-bond acceptors (Lipinski definition) is 8. The minimum Gasteiger partial charge on any atom is -0.497 e. The van der Waals surface area contributed by atoms with E-state index in [-0.39, 0.29) is 12.4 Å². The molecule has 2 heterocycles. The zero-order chi connectivity index (χ0) is 22.0. The number of carbonyl (C=O) groups is 1. The molecule has 2 N–H and O–H groups in total. The normalized spacial score (nSPS) is 17.8. The SMILES string of the molecule is CCOC(=O)C1=C(c2ccccc2)N=C2SC(C#N)=C(N)N2[C@@H]1c1cccc(OC)c1. The number of carbonyl (C=O) groups excluding carboxylic acids is 1. The number of amidine groups is 1. The van der Waals surface area contributed by atoms with E-state index >= 15 is 0 Å². The first kappa shape index (κ1) is 20.6. The summed E-state index contributed by atoms with van der Waals surface area (Å²) in [6.07, 6.45) is 0. The number of esters is 1. The van der Waals surface area contributed by atoms with Crippen LogP contribution in [0.2, 0.25) is 0 Å². The van der Waals surface area contributed by atoms with Gasteiger partial charge in [0.05, 0.1) is 31.0 Å². The molecule has 2 aliphatic rings. The number of nitriles is 1. The third-order valence-electron chi connectivity index (χ3n) is 4.94. The van der Waals surface area contributed by atoms with Crippen molar-refractivity contribution in [3.63, 3.8) is 0 Å². The molecular weight excluding hydrogens is 412 g/mol. The summed E-state index contributed by atoms with van der Waals surface area (Å²) in [7, 11) is 1.58. The number of ether oxygens (including phenoxy) is 2. The Morgan fingerprint density at radius 3 is 2.71 bits per heavy atom. The van der Waals surface area contributed by atoms with Gasteiger partial charge in [-0.2, -0.15) is 5.26 Å². The van der Waals surface area contributed by atoms with Crippen LogP contribution < -0.4 is 10.5 Å². The van der Waals surface area contributed by atoms with Gasteiger partial charge in [-0.05, 0) is 36.4 Å². The van der Waals surface area contributed by atoms with Crippen LogP contribution in [0.15, 0.2) is 75.9 Å². The Labute approximate surface area is 184 Å². The van der Waals surface area contributed by atoms with E-state index in [1.54, 1.807) is 18.9 Å². The summed E-state index contributed by atoms with van der Waals surface area (Å²) in [6.45, 7) is 1.97. The number of nitrogens with two attached hydrogens (primary N) is 1. The summed E-state index contributed by atoms with van der Waals surface area (Å²) in [5.41, 5.74) is 8.73. The second-order valence-corrected chi connectivity index (χ2v) is 7.70. The van der Waals surface area contributed by atoms with Gasteiger partial charge in [0.1, 0.15) is 22.5 Å². The number of methoxy groups -OCH3 is 1. The van der Waals surface area contributed by atoms with E-state index in [1.807, 2.05) is 54.6 Å². The molecule has 7 nitrogen and oxygen atoms in total. The average molecular weight is 433 g/mol. The molecule has 1 atom stereocenters. The van der Waals surface area contributed by atoms with Gasteiger partial charge in [-0.3, -0.25) is 4.90 Å². The Bertz CT molecular complexity index is 1160. The Balaban J connectivity index is 2.00. The highest BCUT2D eigenvalue weighted by atomic mass is 32.2. The number of allylic oxidation sites excluding steroid dienone is 1. The molecule has 0 bridgehead atoms. The van der Waals surface area contributed by atoms with Gasteiger partial charge in [0.15, 0.2) is 5.17 Å². The first-order valence-electron chi connectivity index (χ1n) is 9.65. The van der Waals surface area contributed by atoms with Gasteiger partial charge in [-0.15, -0.1) is 0 Å². The smallest absolute Gasteiger partial charge is 0.338 e. The van der Waals surface area contributed by atoms with Crippen LogP contribution in [-0.2, 0) is 9.53 Å². The van der Waals surface area contributed by atoms with E-state index in [0.717, 1.165) is 11.1 Å². The van der Waals surface area contributed by atoms with Gasteiger partial charge in [-0.1, -0.05) is 42.5 Å². The van der Waals surface area contributed by atoms with Crippen molar-refractivity contribution in [3.05, 3.63) is 82.0 Å². The highest BCUT2D eigenvalue weighted by Crippen LogP contribution is 2.47. The van der Waals surface area contributed by atoms with Crippen LogP contribution in [0.1, 0.15) is 24.1 Å². The van der Waals surface area contributed by atoms with Crippen LogP contribution in [0, 0.1) is 11.3 Å². The zero-order valence-corrected chi connectivity index (χ0v) is 17.8. The monoisotopic (exact) mass is 432 g/mol. The van der Waals surface area contributed by atoms with Crippen molar-refractivity contribution in [1.82, 2.24) is 4.90 Å².